The zero-order chi connectivity index (χ0) is 13.0. The summed E-state index contributed by atoms with van der Waals surface area (Å²) >= 11 is 0. The number of aromatic nitrogens is 2. The van der Waals surface area contributed by atoms with Crippen LogP contribution < -0.4 is 10.1 Å². The Morgan fingerprint density at radius 3 is 2.89 bits per heavy atom. The van der Waals surface area contributed by atoms with Gasteiger partial charge in [0.15, 0.2) is 0 Å². The molecule has 1 atom stereocenters. The minimum atomic E-state index is 0.0276. The minimum Gasteiger partial charge on any atom is -0.496 e. The second-order valence-corrected chi connectivity index (χ2v) is 4.21. The normalized spacial score (nSPS) is 12.4. The predicted octanol–water partition coefficient (Wildman–Crippen LogP) is 2.43. The number of ether oxygens (including phenoxy) is 1. The van der Waals surface area contributed by atoms with E-state index >= 15 is 0 Å². The van der Waals surface area contributed by atoms with Gasteiger partial charge in [0, 0.05) is 18.0 Å². The summed E-state index contributed by atoms with van der Waals surface area (Å²) < 4.78 is 5.44. The molecule has 1 unspecified atom stereocenters. The van der Waals surface area contributed by atoms with E-state index in [2.05, 4.69) is 35.2 Å². The van der Waals surface area contributed by atoms with Crippen molar-refractivity contribution in [2.45, 2.75) is 19.9 Å². The Balaban J connectivity index is 2.45. The molecule has 96 valence electrons. The predicted molar refractivity (Wildman–Crippen MR) is 71.8 cm³/mol. The van der Waals surface area contributed by atoms with Crippen LogP contribution in [0.3, 0.4) is 0 Å². The number of benzene rings is 1. The first kappa shape index (κ1) is 12.6. The third-order valence-electron chi connectivity index (χ3n) is 2.90. The number of rotatable bonds is 5. The van der Waals surface area contributed by atoms with Gasteiger partial charge in [-0.15, -0.1) is 0 Å². The Labute approximate surface area is 107 Å². The fourth-order valence-corrected chi connectivity index (χ4v) is 2.07. The third kappa shape index (κ3) is 2.54. The Hall–Kier alpha value is -1.81. The van der Waals surface area contributed by atoms with E-state index in [4.69, 9.17) is 4.74 Å². The summed E-state index contributed by atoms with van der Waals surface area (Å²) in [4.78, 5) is 7.51. The van der Waals surface area contributed by atoms with Gasteiger partial charge in [-0.25, -0.2) is 4.98 Å². The van der Waals surface area contributed by atoms with Gasteiger partial charge in [-0.3, -0.25) is 0 Å². The number of aryl methyl sites for hydroxylation is 1. The van der Waals surface area contributed by atoms with E-state index in [1.165, 1.54) is 5.56 Å². The number of aromatic amines is 1. The molecule has 2 rings (SSSR count). The maximum absolute atomic E-state index is 5.44. The van der Waals surface area contributed by atoms with E-state index in [1.54, 1.807) is 13.3 Å². The van der Waals surface area contributed by atoms with Crippen LogP contribution in [-0.4, -0.2) is 23.6 Å². The monoisotopic (exact) mass is 245 g/mol. The van der Waals surface area contributed by atoms with Crippen molar-refractivity contribution in [1.29, 1.82) is 0 Å². The van der Waals surface area contributed by atoms with Crippen molar-refractivity contribution >= 4 is 0 Å². The number of hydrogen-bond acceptors (Lipinski definition) is 3. The summed E-state index contributed by atoms with van der Waals surface area (Å²) in [6, 6.07) is 6.21. The highest BCUT2D eigenvalue weighted by molar-refractivity contribution is 5.41. The number of nitrogens with zero attached hydrogens (tertiary/aromatic N) is 1. The van der Waals surface area contributed by atoms with Gasteiger partial charge in [-0.05, 0) is 19.5 Å². The largest absolute Gasteiger partial charge is 0.496 e. The molecule has 0 fully saturated rings. The van der Waals surface area contributed by atoms with E-state index in [0.29, 0.717) is 0 Å². The summed E-state index contributed by atoms with van der Waals surface area (Å²) in [5, 5.41) is 3.43. The van der Waals surface area contributed by atoms with Gasteiger partial charge < -0.3 is 15.0 Å². The molecule has 0 spiro atoms. The van der Waals surface area contributed by atoms with Crippen molar-refractivity contribution < 1.29 is 4.74 Å². The topological polar surface area (TPSA) is 49.9 Å². The molecule has 0 aliphatic rings. The summed E-state index contributed by atoms with van der Waals surface area (Å²) in [7, 11) is 1.69. The highest BCUT2D eigenvalue weighted by Gasteiger charge is 2.19. The molecular formula is C14H19N3O. The third-order valence-corrected chi connectivity index (χ3v) is 2.90. The molecule has 0 radical (unpaired) electrons. The molecule has 1 heterocycles. The van der Waals surface area contributed by atoms with Gasteiger partial charge >= 0.3 is 0 Å². The summed E-state index contributed by atoms with van der Waals surface area (Å²) in [5.41, 5.74) is 2.31. The fourth-order valence-electron chi connectivity index (χ4n) is 2.07. The lowest BCUT2D eigenvalue weighted by atomic mass is 10.0. The number of nitrogens with one attached hydrogen (secondary N) is 2. The molecule has 0 aliphatic carbocycles. The van der Waals surface area contributed by atoms with Gasteiger partial charge in [0.05, 0.1) is 13.2 Å². The van der Waals surface area contributed by atoms with Crippen LogP contribution in [-0.2, 0) is 0 Å². The summed E-state index contributed by atoms with van der Waals surface area (Å²) in [6.07, 6.45) is 3.60. The number of imidazole rings is 1. The van der Waals surface area contributed by atoms with Crippen molar-refractivity contribution in [3.8, 4) is 5.75 Å². The van der Waals surface area contributed by atoms with Crippen molar-refractivity contribution in [3.05, 3.63) is 47.5 Å². The smallest absolute Gasteiger partial charge is 0.127 e. The van der Waals surface area contributed by atoms with Crippen LogP contribution >= 0.6 is 0 Å². The van der Waals surface area contributed by atoms with Crippen LogP contribution in [0, 0.1) is 6.92 Å². The number of methoxy groups -OCH3 is 1. The maximum Gasteiger partial charge on any atom is 0.127 e. The lowest BCUT2D eigenvalue weighted by molar-refractivity contribution is 0.403. The molecule has 4 nitrogen and oxygen atoms in total. The van der Waals surface area contributed by atoms with Crippen molar-refractivity contribution in [2.75, 3.05) is 13.7 Å². The molecule has 0 amide bonds. The van der Waals surface area contributed by atoms with Crippen LogP contribution in [0.4, 0.5) is 0 Å². The Morgan fingerprint density at radius 2 is 2.28 bits per heavy atom. The van der Waals surface area contributed by atoms with Crippen LogP contribution in [0.1, 0.15) is 29.9 Å². The molecule has 2 N–H and O–H groups in total. The minimum absolute atomic E-state index is 0.0276. The van der Waals surface area contributed by atoms with Gasteiger partial charge in [0.1, 0.15) is 11.6 Å². The van der Waals surface area contributed by atoms with Crippen LogP contribution in [0.5, 0.6) is 5.75 Å². The molecule has 0 saturated carbocycles. The van der Waals surface area contributed by atoms with Crippen LogP contribution in [0.15, 0.2) is 30.6 Å². The molecule has 2 aromatic rings. The van der Waals surface area contributed by atoms with E-state index in [-0.39, 0.29) is 6.04 Å². The van der Waals surface area contributed by atoms with Gasteiger partial charge in [0.2, 0.25) is 0 Å². The number of H-pyrrole nitrogens is 1. The summed E-state index contributed by atoms with van der Waals surface area (Å²) in [6.45, 7) is 5.02. The Bertz CT molecular complexity index is 494. The quantitative estimate of drug-likeness (QED) is 0.850. The maximum atomic E-state index is 5.44. The molecule has 0 saturated heterocycles. The molecule has 0 bridgehead atoms. The highest BCUT2D eigenvalue weighted by Crippen LogP contribution is 2.29. The molecule has 1 aromatic carbocycles. The zero-order valence-corrected chi connectivity index (χ0v) is 11.0. The van der Waals surface area contributed by atoms with E-state index < -0.39 is 0 Å². The standard InChI is InChI=1S/C14H19N3O/c1-4-15-13(14-16-7-8-17-14)11-9-10(2)5-6-12(11)18-3/h5-9,13,15H,4H2,1-3H3,(H,16,17). The lowest BCUT2D eigenvalue weighted by Gasteiger charge is -2.19. The van der Waals surface area contributed by atoms with Crippen molar-refractivity contribution in [2.24, 2.45) is 0 Å². The zero-order valence-electron chi connectivity index (χ0n) is 11.0. The first-order chi connectivity index (χ1) is 8.76. The van der Waals surface area contributed by atoms with Crippen LogP contribution in [0.2, 0.25) is 0 Å². The Kier molecular flexibility index (Phi) is 3.99. The Morgan fingerprint density at radius 1 is 1.44 bits per heavy atom. The average molecular weight is 245 g/mol. The first-order valence-electron chi connectivity index (χ1n) is 6.13. The second kappa shape index (κ2) is 5.69. The number of hydrogen-bond donors (Lipinski definition) is 2. The average Bonchev–Trinajstić information content (AvgIpc) is 2.89. The van der Waals surface area contributed by atoms with Gasteiger partial charge in [-0.1, -0.05) is 24.6 Å². The van der Waals surface area contributed by atoms with Gasteiger partial charge in [0.25, 0.3) is 0 Å². The molecule has 4 heteroatoms. The SMILES string of the molecule is CCNC(c1ncc[nH]1)c1cc(C)ccc1OC. The molecule has 18 heavy (non-hydrogen) atoms. The second-order valence-electron chi connectivity index (χ2n) is 4.21. The van der Waals surface area contributed by atoms with Crippen molar-refractivity contribution in [3.63, 3.8) is 0 Å². The first-order valence-corrected chi connectivity index (χ1v) is 6.13. The highest BCUT2D eigenvalue weighted by atomic mass is 16.5. The molecule has 1 aromatic heterocycles. The van der Waals surface area contributed by atoms with Crippen LogP contribution in [0.25, 0.3) is 0 Å². The molecular weight excluding hydrogens is 226 g/mol. The van der Waals surface area contributed by atoms with E-state index in [1.807, 2.05) is 18.3 Å². The fraction of sp³-hybridized carbons (Fsp3) is 0.357. The van der Waals surface area contributed by atoms with Crippen molar-refractivity contribution in [1.82, 2.24) is 15.3 Å². The molecule has 0 aliphatic heterocycles. The van der Waals surface area contributed by atoms with E-state index in [0.717, 1.165) is 23.7 Å². The lowest BCUT2D eigenvalue weighted by Crippen LogP contribution is -2.23. The van der Waals surface area contributed by atoms with Gasteiger partial charge in [-0.2, -0.15) is 0 Å². The van der Waals surface area contributed by atoms with E-state index in [9.17, 15) is 0 Å². The summed E-state index contributed by atoms with van der Waals surface area (Å²) in [5.74, 6) is 1.78.